The van der Waals surface area contributed by atoms with E-state index in [0.29, 0.717) is 24.5 Å². The highest BCUT2D eigenvalue weighted by molar-refractivity contribution is 5.36. The first-order chi connectivity index (χ1) is 8.15. The molecule has 0 aliphatic rings. The van der Waals surface area contributed by atoms with Gasteiger partial charge in [0.1, 0.15) is 18.2 Å². The number of aliphatic hydroxyl groups is 1. The molecule has 0 aliphatic heterocycles. The number of benzene rings is 1. The Labute approximate surface area is 100 Å². The summed E-state index contributed by atoms with van der Waals surface area (Å²) >= 11 is 0. The zero-order valence-corrected chi connectivity index (χ0v) is 9.86. The van der Waals surface area contributed by atoms with Crippen molar-refractivity contribution in [3.63, 3.8) is 0 Å². The van der Waals surface area contributed by atoms with Gasteiger partial charge in [-0.15, -0.1) is 0 Å². The van der Waals surface area contributed by atoms with Gasteiger partial charge in [0.25, 0.3) is 0 Å². The van der Waals surface area contributed by atoms with Gasteiger partial charge >= 0.3 is 0 Å². The first kappa shape index (κ1) is 13.9. The van der Waals surface area contributed by atoms with Crippen molar-refractivity contribution >= 4 is 0 Å². The van der Waals surface area contributed by atoms with Gasteiger partial charge in [-0.3, -0.25) is 0 Å². The Morgan fingerprint density at radius 1 is 1.35 bits per heavy atom. The summed E-state index contributed by atoms with van der Waals surface area (Å²) in [7, 11) is 0. The average Bonchev–Trinajstić information content (AvgIpc) is 2.30. The quantitative estimate of drug-likeness (QED) is 0.707. The maximum Gasteiger partial charge on any atom is 0.124 e. The van der Waals surface area contributed by atoms with Gasteiger partial charge in [-0.25, -0.2) is 4.39 Å². The van der Waals surface area contributed by atoms with Gasteiger partial charge in [-0.05, 0) is 25.1 Å². The highest BCUT2D eigenvalue weighted by atomic mass is 19.1. The number of halogens is 1. The van der Waals surface area contributed by atoms with Crippen molar-refractivity contribution in [1.29, 1.82) is 0 Å². The fraction of sp³-hybridized carbons (Fsp3) is 0.500. The van der Waals surface area contributed by atoms with E-state index in [9.17, 15) is 4.39 Å². The van der Waals surface area contributed by atoms with Crippen molar-refractivity contribution in [2.24, 2.45) is 5.73 Å². The predicted octanol–water partition coefficient (Wildman–Crippen LogP) is 1.23. The topological polar surface area (TPSA) is 64.7 Å². The smallest absolute Gasteiger partial charge is 0.124 e. The molecular formula is C12H18FNO3. The molecule has 1 aromatic rings. The number of hydrogen-bond donors (Lipinski definition) is 2. The molecule has 0 saturated heterocycles. The summed E-state index contributed by atoms with van der Waals surface area (Å²) < 4.78 is 23.5. The van der Waals surface area contributed by atoms with Gasteiger partial charge in [0, 0.05) is 11.6 Å². The van der Waals surface area contributed by atoms with Crippen molar-refractivity contribution in [2.45, 2.75) is 13.0 Å². The third-order valence-corrected chi connectivity index (χ3v) is 2.18. The van der Waals surface area contributed by atoms with E-state index in [1.165, 1.54) is 12.1 Å². The van der Waals surface area contributed by atoms with Crippen molar-refractivity contribution in [3.8, 4) is 5.75 Å². The monoisotopic (exact) mass is 243 g/mol. The van der Waals surface area contributed by atoms with E-state index in [2.05, 4.69) is 0 Å². The lowest BCUT2D eigenvalue weighted by Gasteiger charge is -2.14. The molecule has 0 heterocycles. The van der Waals surface area contributed by atoms with Gasteiger partial charge < -0.3 is 20.3 Å². The van der Waals surface area contributed by atoms with E-state index < -0.39 is 0 Å². The first-order valence-corrected chi connectivity index (χ1v) is 5.51. The highest BCUT2D eigenvalue weighted by Crippen LogP contribution is 2.24. The summed E-state index contributed by atoms with van der Waals surface area (Å²) in [4.78, 5) is 0. The van der Waals surface area contributed by atoms with Crippen LogP contribution in [-0.2, 0) is 4.74 Å². The zero-order valence-electron chi connectivity index (χ0n) is 9.86. The molecule has 1 aromatic carbocycles. The minimum absolute atomic E-state index is 0.0123. The van der Waals surface area contributed by atoms with E-state index in [4.69, 9.17) is 20.3 Å². The summed E-state index contributed by atoms with van der Waals surface area (Å²) in [5, 5.41) is 8.51. The number of ether oxygens (including phenoxy) is 2. The van der Waals surface area contributed by atoms with E-state index in [0.717, 1.165) is 0 Å². The minimum atomic E-state index is -0.332. The lowest BCUT2D eigenvalue weighted by Crippen LogP contribution is -2.12. The second-order valence-electron chi connectivity index (χ2n) is 3.66. The molecule has 3 N–H and O–H groups in total. The summed E-state index contributed by atoms with van der Waals surface area (Å²) in [6.07, 6.45) is 0. The Balaban J connectivity index is 2.52. The van der Waals surface area contributed by atoms with Crippen LogP contribution in [0.4, 0.5) is 4.39 Å². The molecule has 5 heteroatoms. The number of hydrogen-bond acceptors (Lipinski definition) is 4. The Kier molecular flexibility index (Phi) is 5.90. The molecular weight excluding hydrogens is 225 g/mol. The van der Waals surface area contributed by atoms with E-state index >= 15 is 0 Å². The number of aliphatic hydroxyl groups excluding tert-OH is 1. The first-order valence-electron chi connectivity index (χ1n) is 5.51. The Morgan fingerprint density at radius 2 is 2.12 bits per heavy atom. The number of nitrogens with two attached hydrogens (primary N) is 1. The largest absolute Gasteiger partial charge is 0.491 e. The second-order valence-corrected chi connectivity index (χ2v) is 3.66. The van der Waals surface area contributed by atoms with Crippen molar-refractivity contribution in [2.75, 3.05) is 26.4 Å². The van der Waals surface area contributed by atoms with Crippen LogP contribution in [0.2, 0.25) is 0 Å². The molecule has 0 aromatic heterocycles. The normalized spacial score (nSPS) is 12.5. The van der Waals surface area contributed by atoms with Crippen LogP contribution in [0.3, 0.4) is 0 Å². The van der Waals surface area contributed by atoms with E-state index in [-0.39, 0.29) is 25.1 Å². The number of rotatable bonds is 7. The van der Waals surface area contributed by atoms with Crippen LogP contribution >= 0.6 is 0 Å². The van der Waals surface area contributed by atoms with Crippen LogP contribution in [0.5, 0.6) is 5.75 Å². The molecule has 17 heavy (non-hydrogen) atoms. The maximum absolute atomic E-state index is 13.0. The summed E-state index contributed by atoms with van der Waals surface area (Å²) in [6.45, 7) is 2.75. The molecule has 0 radical (unpaired) electrons. The molecule has 0 bridgehead atoms. The zero-order chi connectivity index (χ0) is 12.7. The summed E-state index contributed by atoms with van der Waals surface area (Å²) in [5.74, 6) is 0.232. The van der Waals surface area contributed by atoms with Crippen LogP contribution in [0.1, 0.15) is 18.5 Å². The SMILES string of the molecule is C[C@H](N)c1cc(F)ccc1OCCOCCO. The molecule has 0 aliphatic carbocycles. The third kappa shape index (κ3) is 4.68. The third-order valence-electron chi connectivity index (χ3n) is 2.18. The molecule has 96 valence electrons. The second kappa shape index (κ2) is 7.21. The van der Waals surface area contributed by atoms with Crippen LogP contribution in [0.15, 0.2) is 18.2 Å². The molecule has 1 rings (SSSR count). The van der Waals surface area contributed by atoms with E-state index in [1.807, 2.05) is 0 Å². The Morgan fingerprint density at radius 3 is 2.76 bits per heavy atom. The van der Waals surface area contributed by atoms with Gasteiger partial charge in [0.05, 0.1) is 19.8 Å². The van der Waals surface area contributed by atoms with Gasteiger partial charge in [0.15, 0.2) is 0 Å². The van der Waals surface area contributed by atoms with Crippen molar-refractivity contribution in [3.05, 3.63) is 29.6 Å². The Bertz CT molecular complexity index is 345. The summed E-state index contributed by atoms with van der Waals surface area (Å²) in [6, 6.07) is 3.96. The highest BCUT2D eigenvalue weighted by Gasteiger charge is 2.09. The fourth-order valence-electron chi connectivity index (χ4n) is 1.38. The van der Waals surface area contributed by atoms with Gasteiger partial charge in [-0.1, -0.05) is 0 Å². The molecule has 1 atom stereocenters. The average molecular weight is 243 g/mol. The Hall–Kier alpha value is -1.17. The molecule has 0 spiro atoms. The predicted molar refractivity (Wildman–Crippen MR) is 62.4 cm³/mol. The van der Waals surface area contributed by atoms with Gasteiger partial charge in [-0.2, -0.15) is 0 Å². The molecule has 0 saturated carbocycles. The molecule has 0 unspecified atom stereocenters. The van der Waals surface area contributed by atoms with Crippen LogP contribution < -0.4 is 10.5 Å². The molecule has 0 amide bonds. The lowest BCUT2D eigenvalue weighted by atomic mass is 10.1. The van der Waals surface area contributed by atoms with Crippen LogP contribution in [0, 0.1) is 5.82 Å². The fourth-order valence-corrected chi connectivity index (χ4v) is 1.38. The summed E-state index contributed by atoms with van der Waals surface area (Å²) in [5.41, 5.74) is 6.36. The van der Waals surface area contributed by atoms with E-state index in [1.54, 1.807) is 13.0 Å². The lowest BCUT2D eigenvalue weighted by molar-refractivity contribution is 0.0702. The molecule has 4 nitrogen and oxygen atoms in total. The maximum atomic E-state index is 13.0. The van der Waals surface area contributed by atoms with Gasteiger partial charge in [0.2, 0.25) is 0 Å². The van der Waals surface area contributed by atoms with Crippen molar-refractivity contribution in [1.82, 2.24) is 0 Å². The van der Waals surface area contributed by atoms with Crippen molar-refractivity contribution < 1.29 is 19.0 Å². The standard InChI is InChI=1S/C12H18FNO3/c1-9(14)11-8-10(13)2-3-12(11)17-7-6-16-5-4-15/h2-3,8-9,15H,4-7,14H2,1H3/t9-/m0/s1. The molecule has 0 fully saturated rings. The van der Waals surface area contributed by atoms with Crippen LogP contribution in [0.25, 0.3) is 0 Å². The minimum Gasteiger partial charge on any atom is -0.491 e. The van der Waals surface area contributed by atoms with Crippen LogP contribution in [-0.4, -0.2) is 31.5 Å².